The van der Waals surface area contributed by atoms with Crippen LogP contribution in [0.4, 0.5) is 5.69 Å². The SMILES string of the molecule is CCOC(=O)c1n[nH]c2c1CN(C(=S)Nc1ccccc1)CC2. The summed E-state index contributed by atoms with van der Waals surface area (Å²) in [5.74, 6) is -0.395. The lowest BCUT2D eigenvalue weighted by Crippen LogP contribution is -2.39. The molecule has 0 radical (unpaired) electrons. The van der Waals surface area contributed by atoms with Crippen molar-refractivity contribution in [3.8, 4) is 0 Å². The Kier molecular flexibility index (Phi) is 4.57. The number of fused-ring (bicyclic) bond motifs is 1. The largest absolute Gasteiger partial charge is 0.461 e. The topological polar surface area (TPSA) is 70.2 Å². The van der Waals surface area contributed by atoms with Crippen LogP contribution in [0.3, 0.4) is 0 Å². The molecular weight excluding hydrogens is 312 g/mol. The van der Waals surface area contributed by atoms with Crippen LogP contribution in [-0.2, 0) is 17.7 Å². The highest BCUT2D eigenvalue weighted by Gasteiger charge is 2.27. The summed E-state index contributed by atoms with van der Waals surface area (Å²) >= 11 is 5.49. The van der Waals surface area contributed by atoms with E-state index in [1.165, 1.54) is 0 Å². The van der Waals surface area contributed by atoms with Crippen molar-refractivity contribution < 1.29 is 9.53 Å². The van der Waals surface area contributed by atoms with Gasteiger partial charge < -0.3 is 15.0 Å². The summed E-state index contributed by atoms with van der Waals surface area (Å²) < 4.78 is 5.06. The van der Waals surface area contributed by atoms with Crippen molar-refractivity contribution >= 4 is 29.0 Å². The number of para-hydroxylation sites is 1. The number of nitrogens with zero attached hydrogens (tertiary/aromatic N) is 2. The van der Waals surface area contributed by atoms with Gasteiger partial charge in [-0.2, -0.15) is 5.10 Å². The molecule has 0 atom stereocenters. The van der Waals surface area contributed by atoms with E-state index in [0.29, 0.717) is 24.0 Å². The highest BCUT2D eigenvalue weighted by atomic mass is 32.1. The molecule has 1 aromatic carbocycles. The van der Waals surface area contributed by atoms with Crippen LogP contribution in [0.25, 0.3) is 0 Å². The molecular formula is C16H18N4O2S. The number of esters is 1. The highest BCUT2D eigenvalue weighted by Crippen LogP contribution is 2.22. The molecule has 6 nitrogen and oxygen atoms in total. The zero-order valence-electron chi connectivity index (χ0n) is 12.8. The van der Waals surface area contributed by atoms with Crippen LogP contribution in [-0.4, -0.2) is 39.3 Å². The van der Waals surface area contributed by atoms with E-state index in [9.17, 15) is 4.79 Å². The van der Waals surface area contributed by atoms with E-state index in [2.05, 4.69) is 15.5 Å². The number of rotatable bonds is 3. The average Bonchev–Trinajstić information content (AvgIpc) is 2.99. The van der Waals surface area contributed by atoms with Gasteiger partial charge in [-0.25, -0.2) is 4.79 Å². The summed E-state index contributed by atoms with van der Waals surface area (Å²) in [4.78, 5) is 14.0. The van der Waals surface area contributed by atoms with Crippen LogP contribution < -0.4 is 5.32 Å². The lowest BCUT2D eigenvalue weighted by Gasteiger charge is -2.29. The van der Waals surface area contributed by atoms with Crippen molar-refractivity contribution in [3.05, 3.63) is 47.3 Å². The minimum atomic E-state index is -0.395. The van der Waals surface area contributed by atoms with Crippen molar-refractivity contribution in [2.24, 2.45) is 0 Å². The van der Waals surface area contributed by atoms with Crippen LogP contribution in [0.2, 0.25) is 0 Å². The van der Waals surface area contributed by atoms with E-state index in [1.54, 1.807) is 6.92 Å². The minimum Gasteiger partial charge on any atom is -0.461 e. The molecule has 120 valence electrons. The number of benzene rings is 1. The first-order chi connectivity index (χ1) is 11.2. The first-order valence-electron chi connectivity index (χ1n) is 7.53. The number of hydrogen-bond donors (Lipinski definition) is 2. The highest BCUT2D eigenvalue weighted by molar-refractivity contribution is 7.80. The predicted molar refractivity (Wildman–Crippen MR) is 91.3 cm³/mol. The second-order valence-electron chi connectivity index (χ2n) is 5.22. The molecule has 0 spiro atoms. The lowest BCUT2D eigenvalue weighted by atomic mass is 10.1. The molecule has 0 saturated carbocycles. The first-order valence-corrected chi connectivity index (χ1v) is 7.94. The van der Waals surface area contributed by atoms with Crippen molar-refractivity contribution in [2.75, 3.05) is 18.5 Å². The third kappa shape index (κ3) is 3.34. The minimum absolute atomic E-state index is 0.332. The van der Waals surface area contributed by atoms with Gasteiger partial charge in [-0.05, 0) is 31.3 Å². The van der Waals surface area contributed by atoms with Gasteiger partial charge in [0.25, 0.3) is 0 Å². The fraction of sp³-hybridized carbons (Fsp3) is 0.312. The van der Waals surface area contributed by atoms with Gasteiger partial charge in [0.1, 0.15) is 0 Å². The third-order valence-electron chi connectivity index (χ3n) is 3.71. The molecule has 0 unspecified atom stereocenters. The maximum atomic E-state index is 12.0. The number of aromatic amines is 1. The Labute approximate surface area is 139 Å². The summed E-state index contributed by atoms with van der Waals surface area (Å²) in [5.41, 5.74) is 3.15. The van der Waals surface area contributed by atoms with Gasteiger partial charge >= 0.3 is 5.97 Å². The van der Waals surface area contributed by atoms with Crippen LogP contribution in [0.15, 0.2) is 30.3 Å². The number of aromatic nitrogens is 2. The second-order valence-corrected chi connectivity index (χ2v) is 5.60. The zero-order chi connectivity index (χ0) is 16.2. The van der Waals surface area contributed by atoms with Crippen molar-refractivity contribution in [3.63, 3.8) is 0 Å². The van der Waals surface area contributed by atoms with E-state index in [4.69, 9.17) is 17.0 Å². The molecule has 0 aliphatic carbocycles. The Bertz CT molecular complexity index is 714. The van der Waals surface area contributed by atoms with Gasteiger partial charge in [0.2, 0.25) is 0 Å². The number of H-pyrrole nitrogens is 1. The summed E-state index contributed by atoms with van der Waals surface area (Å²) in [6.07, 6.45) is 0.762. The van der Waals surface area contributed by atoms with Crippen LogP contribution in [0.5, 0.6) is 0 Å². The first kappa shape index (κ1) is 15.5. The van der Waals surface area contributed by atoms with E-state index in [0.717, 1.165) is 29.9 Å². The molecule has 0 amide bonds. The quantitative estimate of drug-likeness (QED) is 0.665. The molecule has 7 heteroatoms. The number of nitrogens with one attached hydrogen (secondary N) is 2. The van der Waals surface area contributed by atoms with Gasteiger partial charge in [-0.3, -0.25) is 5.10 Å². The molecule has 2 aromatic rings. The summed E-state index contributed by atoms with van der Waals surface area (Å²) in [6.45, 7) is 3.43. The van der Waals surface area contributed by atoms with Gasteiger partial charge in [0.15, 0.2) is 10.8 Å². The number of carbonyl (C=O) groups excluding carboxylic acids is 1. The maximum Gasteiger partial charge on any atom is 0.359 e. The van der Waals surface area contributed by atoms with E-state index < -0.39 is 5.97 Å². The Morgan fingerprint density at radius 1 is 1.43 bits per heavy atom. The molecule has 1 aromatic heterocycles. The molecule has 23 heavy (non-hydrogen) atoms. The second kappa shape index (κ2) is 6.78. The molecule has 1 aliphatic heterocycles. The Morgan fingerprint density at radius 2 is 2.22 bits per heavy atom. The summed E-state index contributed by atoms with van der Waals surface area (Å²) in [5, 5.41) is 10.9. The number of ether oxygens (including phenoxy) is 1. The molecule has 2 heterocycles. The predicted octanol–water partition coefficient (Wildman–Crippen LogP) is 2.34. The van der Waals surface area contributed by atoms with Crippen molar-refractivity contribution in [1.29, 1.82) is 0 Å². The van der Waals surface area contributed by atoms with Crippen LogP contribution in [0, 0.1) is 0 Å². The average molecular weight is 330 g/mol. The van der Waals surface area contributed by atoms with Gasteiger partial charge in [0.05, 0.1) is 6.61 Å². The molecule has 2 N–H and O–H groups in total. The fourth-order valence-electron chi connectivity index (χ4n) is 2.56. The molecule has 0 bridgehead atoms. The number of thiocarbonyl (C=S) groups is 1. The number of hydrogen-bond acceptors (Lipinski definition) is 4. The fourth-order valence-corrected chi connectivity index (χ4v) is 2.83. The Morgan fingerprint density at radius 3 is 2.96 bits per heavy atom. The van der Waals surface area contributed by atoms with Crippen molar-refractivity contribution in [2.45, 2.75) is 19.9 Å². The van der Waals surface area contributed by atoms with E-state index in [1.807, 2.05) is 35.2 Å². The molecule has 3 rings (SSSR count). The zero-order valence-corrected chi connectivity index (χ0v) is 13.7. The molecule has 0 saturated heterocycles. The van der Waals surface area contributed by atoms with Crippen LogP contribution in [0.1, 0.15) is 28.7 Å². The lowest BCUT2D eigenvalue weighted by molar-refractivity contribution is 0.0517. The van der Waals surface area contributed by atoms with Gasteiger partial charge in [-0.1, -0.05) is 18.2 Å². The Balaban J connectivity index is 1.73. The standard InChI is InChI=1S/C16H18N4O2S/c1-2-22-15(21)14-12-10-20(9-8-13(12)18-19-14)16(23)17-11-6-4-3-5-7-11/h3-7H,2,8-10H2,1H3,(H,17,23)(H,18,19). The summed E-state index contributed by atoms with van der Waals surface area (Å²) in [6, 6.07) is 9.79. The van der Waals surface area contributed by atoms with Crippen LogP contribution >= 0.6 is 12.2 Å². The van der Waals surface area contributed by atoms with Gasteiger partial charge in [0, 0.05) is 36.5 Å². The van der Waals surface area contributed by atoms with Gasteiger partial charge in [-0.15, -0.1) is 0 Å². The monoisotopic (exact) mass is 330 g/mol. The Hall–Kier alpha value is -2.41. The number of carbonyl (C=O) groups is 1. The smallest absolute Gasteiger partial charge is 0.359 e. The number of anilines is 1. The third-order valence-corrected chi connectivity index (χ3v) is 4.07. The summed E-state index contributed by atoms with van der Waals surface area (Å²) in [7, 11) is 0. The molecule has 1 aliphatic rings. The van der Waals surface area contributed by atoms with Crippen molar-refractivity contribution in [1.82, 2.24) is 15.1 Å². The normalized spacial score (nSPS) is 13.3. The van der Waals surface area contributed by atoms with E-state index in [-0.39, 0.29) is 0 Å². The van der Waals surface area contributed by atoms with E-state index >= 15 is 0 Å². The molecule has 0 fully saturated rings. The maximum absolute atomic E-state index is 12.0.